The number of aromatic nitrogens is 3. The summed E-state index contributed by atoms with van der Waals surface area (Å²) in [6.45, 7) is 1.98. The van der Waals surface area contributed by atoms with Crippen LogP contribution in [0.2, 0.25) is 0 Å². The third kappa shape index (κ3) is 4.52. The number of anilines is 1. The van der Waals surface area contributed by atoms with Crippen molar-refractivity contribution in [2.75, 3.05) is 19.4 Å². The number of aryl methyl sites for hydroxylation is 1. The molecule has 9 heteroatoms. The van der Waals surface area contributed by atoms with Crippen molar-refractivity contribution in [3.8, 4) is 5.88 Å². The summed E-state index contributed by atoms with van der Waals surface area (Å²) >= 11 is 1.44. The summed E-state index contributed by atoms with van der Waals surface area (Å²) in [7, 11) is 4.21. The lowest BCUT2D eigenvalue weighted by atomic mass is 9.92. The van der Waals surface area contributed by atoms with Crippen LogP contribution in [0.25, 0.3) is 10.2 Å². The highest BCUT2D eigenvalue weighted by Gasteiger charge is 2.27. The molecule has 0 atom stereocenters. The Bertz CT molecular complexity index is 1080. The van der Waals surface area contributed by atoms with Gasteiger partial charge in [0.2, 0.25) is 5.88 Å². The molecular formula is C22H26FN5O2S. The van der Waals surface area contributed by atoms with Crippen LogP contribution >= 0.6 is 11.3 Å². The Hall–Kier alpha value is -2.65. The van der Waals surface area contributed by atoms with Crippen LogP contribution in [0.3, 0.4) is 0 Å². The molecule has 1 amide bonds. The fourth-order valence-electron chi connectivity index (χ4n) is 4.03. The van der Waals surface area contributed by atoms with Gasteiger partial charge in [-0.25, -0.2) is 14.4 Å². The minimum Gasteiger partial charge on any atom is -0.474 e. The van der Waals surface area contributed by atoms with Gasteiger partial charge < -0.3 is 15.0 Å². The zero-order valence-corrected chi connectivity index (χ0v) is 18.7. The van der Waals surface area contributed by atoms with Crippen LogP contribution in [0.5, 0.6) is 5.88 Å². The number of pyridine rings is 1. The van der Waals surface area contributed by atoms with E-state index >= 15 is 0 Å². The quantitative estimate of drug-likeness (QED) is 0.612. The predicted octanol–water partition coefficient (Wildman–Crippen LogP) is 4.29. The second kappa shape index (κ2) is 9.23. The molecule has 1 N–H and O–H groups in total. The average Bonchev–Trinajstić information content (AvgIpc) is 3.15. The van der Waals surface area contributed by atoms with E-state index in [1.165, 1.54) is 29.9 Å². The van der Waals surface area contributed by atoms with Crippen LogP contribution in [-0.2, 0) is 6.42 Å². The van der Waals surface area contributed by atoms with Crippen molar-refractivity contribution in [3.05, 3.63) is 41.0 Å². The van der Waals surface area contributed by atoms with Crippen LogP contribution in [0, 0.1) is 5.82 Å². The maximum atomic E-state index is 14.0. The molecule has 0 aromatic carbocycles. The number of thiophene rings is 1. The fraction of sp³-hybridized carbons (Fsp3) is 0.455. The lowest BCUT2D eigenvalue weighted by Gasteiger charge is -2.32. The maximum absolute atomic E-state index is 14.0. The second-order valence-electron chi connectivity index (χ2n) is 7.93. The van der Waals surface area contributed by atoms with Gasteiger partial charge in [-0.3, -0.25) is 9.78 Å². The number of fused-ring (bicyclic) bond motifs is 1. The van der Waals surface area contributed by atoms with Gasteiger partial charge in [0, 0.05) is 17.1 Å². The summed E-state index contributed by atoms with van der Waals surface area (Å²) in [6, 6.07) is 2.00. The number of nitrogens with one attached hydrogen (secondary N) is 1. The van der Waals surface area contributed by atoms with Crippen LogP contribution in [0.4, 0.5) is 10.1 Å². The second-order valence-corrected chi connectivity index (χ2v) is 9.02. The molecule has 0 aliphatic heterocycles. The van der Waals surface area contributed by atoms with Crippen molar-refractivity contribution in [3.63, 3.8) is 0 Å². The fourth-order valence-corrected chi connectivity index (χ4v) is 5.10. The Morgan fingerprint density at radius 2 is 2.06 bits per heavy atom. The number of ether oxygens (including phenoxy) is 1. The number of hydrogen-bond acceptors (Lipinski definition) is 7. The van der Waals surface area contributed by atoms with Gasteiger partial charge in [0.05, 0.1) is 22.8 Å². The van der Waals surface area contributed by atoms with Crippen LogP contribution in [-0.4, -0.2) is 52.0 Å². The number of hydrogen-bond donors (Lipinski definition) is 1. The molecule has 0 saturated heterocycles. The number of carbonyl (C=O) groups is 1. The highest BCUT2D eigenvalue weighted by Crippen LogP contribution is 2.37. The summed E-state index contributed by atoms with van der Waals surface area (Å²) in [4.78, 5) is 29.5. The molecule has 1 fully saturated rings. The molecular weight excluding hydrogens is 417 g/mol. The van der Waals surface area contributed by atoms with E-state index in [9.17, 15) is 9.18 Å². The Labute approximate surface area is 184 Å². The first-order valence-corrected chi connectivity index (χ1v) is 11.3. The van der Waals surface area contributed by atoms with Gasteiger partial charge >= 0.3 is 0 Å². The topological polar surface area (TPSA) is 80.2 Å². The smallest absolute Gasteiger partial charge is 0.257 e. The van der Waals surface area contributed by atoms with E-state index in [1.807, 2.05) is 6.92 Å². The number of carbonyl (C=O) groups excluding carboxylic acids is 1. The molecule has 0 bridgehead atoms. The monoisotopic (exact) mass is 443 g/mol. The summed E-state index contributed by atoms with van der Waals surface area (Å²) in [6.07, 6.45) is 8.67. The first-order valence-electron chi connectivity index (χ1n) is 10.5. The Morgan fingerprint density at radius 3 is 2.74 bits per heavy atom. The molecule has 31 heavy (non-hydrogen) atoms. The lowest BCUT2D eigenvalue weighted by molar-refractivity contribution is 0.102. The van der Waals surface area contributed by atoms with Gasteiger partial charge in [0.15, 0.2) is 5.82 Å². The third-order valence-corrected chi connectivity index (χ3v) is 6.99. The van der Waals surface area contributed by atoms with Gasteiger partial charge in [-0.2, -0.15) is 0 Å². The molecule has 0 spiro atoms. The zero-order valence-electron chi connectivity index (χ0n) is 17.9. The maximum Gasteiger partial charge on any atom is 0.257 e. The standard InChI is InChI=1S/C22H26FN5O2S/c1-4-17-18(20(29)27-16-9-10-24-11-15(16)23)19-21(25-12-26-22(19)31-17)30-14-7-5-13(6-8-14)28(2)3/h9-14H,4-8H2,1-3H3,(H,24,27,29). The normalized spacial score (nSPS) is 19.0. The molecule has 1 aliphatic rings. The highest BCUT2D eigenvalue weighted by molar-refractivity contribution is 7.19. The van der Waals surface area contributed by atoms with E-state index in [4.69, 9.17) is 4.74 Å². The van der Waals surface area contributed by atoms with E-state index in [-0.39, 0.29) is 11.8 Å². The summed E-state index contributed by atoms with van der Waals surface area (Å²) in [5.74, 6) is -0.558. The van der Waals surface area contributed by atoms with Crippen molar-refractivity contribution in [1.82, 2.24) is 19.9 Å². The van der Waals surface area contributed by atoms with Gasteiger partial charge in [-0.05, 0) is 52.3 Å². The molecule has 0 unspecified atom stereocenters. The van der Waals surface area contributed by atoms with Gasteiger partial charge in [0.25, 0.3) is 5.91 Å². The largest absolute Gasteiger partial charge is 0.474 e. The first-order chi connectivity index (χ1) is 15.0. The molecule has 4 rings (SSSR count). The predicted molar refractivity (Wildman–Crippen MR) is 119 cm³/mol. The number of nitrogens with zero attached hydrogens (tertiary/aromatic N) is 4. The number of amides is 1. The molecule has 3 heterocycles. The number of halogens is 1. The molecule has 1 aliphatic carbocycles. The van der Waals surface area contributed by atoms with Crippen molar-refractivity contribution < 1.29 is 13.9 Å². The Morgan fingerprint density at radius 1 is 1.29 bits per heavy atom. The summed E-state index contributed by atoms with van der Waals surface area (Å²) in [5, 5.41) is 3.27. The Balaban J connectivity index is 1.64. The van der Waals surface area contributed by atoms with E-state index in [0.29, 0.717) is 34.1 Å². The van der Waals surface area contributed by atoms with Crippen molar-refractivity contribution in [1.29, 1.82) is 0 Å². The van der Waals surface area contributed by atoms with Crippen molar-refractivity contribution in [2.24, 2.45) is 0 Å². The third-order valence-electron chi connectivity index (χ3n) is 5.75. The van der Waals surface area contributed by atoms with E-state index in [2.05, 4.69) is 39.3 Å². The molecule has 3 aromatic rings. The first kappa shape index (κ1) is 21.6. The molecule has 3 aromatic heterocycles. The van der Waals surface area contributed by atoms with Gasteiger partial charge in [-0.1, -0.05) is 6.92 Å². The van der Waals surface area contributed by atoms with E-state index < -0.39 is 11.7 Å². The van der Waals surface area contributed by atoms with Gasteiger partial charge in [0.1, 0.15) is 17.3 Å². The van der Waals surface area contributed by atoms with E-state index in [1.54, 1.807) is 0 Å². The lowest BCUT2D eigenvalue weighted by Crippen LogP contribution is -2.35. The molecule has 7 nitrogen and oxygen atoms in total. The zero-order chi connectivity index (χ0) is 22.0. The summed E-state index contributed by atoms with van der Waals surface area (Å²) < 4.78 is 20.3. The molecule has 1 saturated carbocycles. The molecule has 164 valence electrons. The van der Waals surface area contributed by atoms with Crippen molar-refractivity contribution in [2.45, 2.75) is 51.2 Å². The Kier molecular flexibility index (Phi) is 6.43. The minimum atomic E-state index is -0.584. The minimum absolute atomic E-state index is 0.0489. The number of rotatable bonds is 6. The van der Waals surface area contributed by atoms with Crippen molar-refractivity contribution >= 4 is 33.1 Å². The van der Waals surface area contributed by atoms with Crippen LogP contribution in [0.15, 0.2) is 24.8 Å². The van der Waals surface area contributed by atoms with Crippen LogP contribution in [0.1, 0.15) is 47.8 Å². The summed E-state index contributed by atoms with van der Waals surface area (Å²) in [5.41, 5.74) is 0.541. The average molecular weight is 444 g/mol. The SMILES string of the molecule is CCc1sc2ncnc(OC3CCC(N(C)C)CC3)c2c1C(=O)Nc1ccncc1F. The van der Waals surface area contributed by atoms with E-state index in [0.717, 1.165) is 36.8 Å². The molecule has 0 radical (unpaired) electrons. The van der Waals surface area contributed by atoms with Crippen LogP contribution < -0.4 is 10.1 Å². The highest BCUT2D eigenvalue weighted by atomic mass is 32.1. The van der Waals surface area contributed by atoms with Gasteiger partial charge in [-0.15, -0.1) is 11.3 Å².